The van der Waals surface area contributed by atoms with Crippen molar-refractivity contribution >= 4 is 24.6 Å². The molecule has 1 heterocycles. The molecule has 1 rings (SSSR count). The second kappa shape index (κ2) is 11.4. The Balaban J connectivity index is 2.30. The molecule has 1 unspecified atom stereocenters. The predicted octanol–water partition coefficient (Wildman–Crippen LogP) is -1.87. The highest BCUT2D eigenvalue weighted by Gasteiger charge is 2.31. The first-order chi connectivity index (χ1) is 12.3. The van der Waals surface area contributed by atoms with Crippen molar-refractivity contribution in [1.29, 1.82) is 0 Å². The van der Waals surface area contributed by atoms with Gasteiger partial charge in [0, 0.05) is 31.5 Å². The predicted molar refractivity (Wildman–Crippen MR) is 91.6 cm³/mol. The maximum Gasteiger partial charge on any atom is 0.222 e. The fourth-order valence-electron chi connectivity index (χ4n) is 2.63. The minimum absolute atomic E-state index is 0.106. The van der Waals surface area contributed by atoms with E-state index in [1.807, 2.05) is 0 Å². The number of ether oxygens (including phenoxy) is 1. The van der Waals surface area contributed by atoms with Crippen LogP contribution in [0.4, 0.5) is 0 Å². The monoisotopic (exact) mass is 372 g/mol. The van der Waals surface area contributed by atoms with E-state index >= 15 is 0 Å². The van der Waals surface area contributed by atoms with Gasteiger partial charge in [-0.3, -0.25) is 19.2 Å². The lowest BCUT2D eigenvalue weighted by Gasteiger charge is -2.34. The van der Waals surface area contributed by atoms with Crippen molar-refractivity contribution in [3.05, 3.63) is 0 Å². The summed E-state index contributed by atoms with van der Waals surface area (Å²) < 4.78 is 5.44. The van der Waals surface area contributed by atoms with Gasteiger partial charge in [-0.25, -0.2) is 0 Å². The van der Waals surface area contributed by atoms with E-state index in [-0.39, 0.29) is 49.4 Å². The molecule has 1 aliphatic rings. The van der Waals surface area contributed by atoms with Crippen LogP contribution in [-0.2, 0) is 23.9 Å². The molecule has 148 valence electrons. The summed E-state index contributed by atoms with van der Waals surface area (Å²) in [5, 5.41) is 20.4. The Kier molecular flexibility index (Phi) is 9.60. The van der Waals surface area contributed by atoms with Crippen molar-refractivity contribution in [2.45, 2.75) is 70.1 Å². The Morgan fingerprint density at radius 3 is 2.19 bits per heavy atom. The summed E-state index contributed by atoms with van der Waals surface area (Å²) in [6, 6.07) is -1.09. The number of nitrogens with one attached hydrogen (secondary N) is 4. The van der Waals surface area contributed by atoms with E-state index in [0.717, 1.165) is 0 Å². The van der Waals surface area contributed by atoms with Crippen molar-refractivity contribution in [3.8, 4) is 0 Å². The summed E-state index contributed by atoms with van der Waals surface area (Å²) >= 11 is 0. The Morgan fingerprint density at radius 2 is 1.65 bits per heavy atom. The van der Waals surface area contributed by atoms with Gasteiger partial charge in [0.1, 0.15) is 0 Å². The quantitative estimate of drug-likeness (QED) is 0.269. The topological polar surface area (TPSA) is 146 Å². The van der Waals surface area contributed by atoms with Crippen molar-refractivity contribution in [1.82, 2.24) is 21.3 Å². The third-order valence-corrected chi connectivity index (χ3v) is 4.04. The molecule has 0 spiro atoms. The van der Waals surface area contributed by atoms with Crippen LogP contribution in [0.5, 0.6) is 0 Å². The lowest BCUT2D eigenvalue weighted by atomic mass is 10.0. The maximum absolute atomic E-state index is 11.9. The van der Waals surface area contributed by atoms with Gasteiger partial charge in [0.05, 0.1) is 12.1 Å². The number of hydrogen-bond acceptors (Lipinski definition) is 6. The van der Waals surface area contributed by atoms with E-state index in [1.54, 1.807) is 13.8 Å². The molecule has 10 heteroatoms. The molecule has 0 saturated carbocycles. The summed E-state index contributed by atoms with van der Waals surface area (Å²) in [5.41, 5.74) is 0. The van der Waals surface area contributed by atoms with Crippen LogP contribution in [-0.4, -0.2) is 66.8 Å². The van der Waals surface area contributed by atoms with Crippen molar-refractivity contribution in [2.75, 3.05) is 6.54 Å². The van der Waals surface area contributed by atoms with Gasteiger partial charge in [0.15, 0.2) is 6.29 Å². The summed E-state index contributed by atoms with van der Waals surface area (Å²) in [6.45, 7) is 3.66. The molecule has 0 aromatic carbocycles. The van der Waals surface area contributed by atoms with Crippen LogP contribution in [0.25, 0.3) is 0 Å². The highest BCUT2D eigenvalue weighted by molar-refractivity contribution is 5.77. The van der Waals surface area contributed by atoms with Crippen LogP contribution in [0, 0.1) is 0 Å². The molecule has 5 atom stereocenters. The van der Waals surface area contributed by atoms with E-state index in [2.05, 4.69) is 21.3 Å². The molecule has 26 heavy (non-hydrogen) atoms. The lowest BCUT2D eigenvalue weighted by molar-refractivity contribution is -0.179. The molecule has 1 saturated heterocycles. The van der Waals surface area contributed by atoms with Gasteiger partial charge in [-0.1, -0.05) is 0 Å². The molecule has 0 aromatic rings. The Morgan fingerprint density at radius 1 is 1.08 bits per heavy atom. The normalized spacial score (nSPS) is 24.7. The number of aliphatic hydroxyl groups excluding tert-OH is 1. The van der Waals surface area contributed by atoms with E-state index in [1.165, 1.54) is 0 Å². The van der Waals surface area contributed by atoms with Crippen LogP contribution in [0.3, 0.4) is 0 Å². The minimum Gasteiger partial charge on any atom is -0.366 e. The molecule has 1 aliphatic heterocycles. The summed E-state index contributed by atoms with van der Waals surface area (Å²) in [6.07, 6.45) is 0.882. The molecular weight excluding hydrogens is 344 g/mol. The average Bonchev–Trinajstić information content (AvgIpc) is 2.55. The van der Waals surface area contributed by atoms with Crippen LogP contribution in [0.15, 0.2) is 0 Å². The molecule has 0 bridgehead atoms. The fraction of sp³-hybridized carbons (Fsp3) is 0.750. The Labute approximate surface area is 152 Å². The number of amides is 4. The maximum atomic E-state index is 11.9. The van der Waals surface area contributed by atoms with Crippen molar-refractivity contribution in [2.24, 2.45) is 0 Å². The Bertz CT molecular complexity index is 489. The van der Waals surface area contributed by atoms with E-state index in [0.29, 0.717) is 25.7 Å². The lowest BCUT2D eigenvalue weighted by Crippen LogP contribution is -2.52. The van der Waals surface area contributed by atoms with Gasteiger partial charge < -0.3 is 31.1 Å². The molecule has 0 radical (unpaired) electrons. The second-order valence-corrected chi connectivity index (χ2v) is 6.48. The van der Waals surface area contributed by atoms with E-state index < -0.39 is 12.3 Å². The average molecular weight is 372 g/mol. The number of hydrogen-bond donors (Lipinski definition) is 5. The fourth-order valence-corrected chi connectivity index (χ4v) is 2.63. The number of aliphatic hydroxyl groups is 1. The zero-order valence-corrected chi connectivity index (χ0v) is 15.1. The van der Waals surface area contributed by atoms with Gasteiger partial charge >= 0.3 is 0 Å². The summed E-state index contributed by atoms with van der Waals surface area (Å²) in [5.74, 6) is -0.514. The number of rotatable bonds is 11. The van der Waals surface area contributed by atoms with Gasteiger partial charge in [0.2, 0.25) is 24.6 Å². The second-order valence-electron chi connectivity index (χ2n) is 6.48. The van der Waals surface area contributed by atoms with Crippen LogP contribution in [0.2, 0.25) is 0 Å². The largest absolute Gasteiger partial charge is 0.366 e. The van der Waals surface area contributed by atoms with Crippen LogP contribution < -0.4 is 21.3 Å². The molecule has 10 nitrogen and oxygen atoms in total. The van der Waals surface area contributed by atoms with Crippen molar-refractivity contribution in [3.63, 3.8) is 0 Å². The zero-order chi connectivity index (χ0) is 19.5. The zero-order valence-electron chi connectivity index (χ0n) is 15.1. The summed E-state index contributed by atoms with van der Waals surface area (Å²) in [7, 11) is 0. The first kappa shape index (κ1) is 21.8. The standard InChI is InChI=1S/C16H28N4O6/c1-10(18-8-21)5-14(23)17-7-12-3-4-13(16(25)26-12)20-15(24)6-11(2)19-9-22/h8-13,16,25H,3-7H2,1-2H3,(H,17,23)(H,18,21)(H,19,22)(H,20,24)/t10-,11-,12+,13+,16?/m1/s1. The van der Waals surface area contributed by atoms with E-state index in [4.69, 9.17) is 4.74 Å². The van der Waals surface area contributed by atoms with Gasteiger partial charge in [-0.05, 0) is 26.7 Å². The number of carbonyl (C=O) groups excluding carboxylic acids is 4. The molecule has 5 N–H and O–H groups in total. The molecule has 0 aromatic heterocycles. The molecule has 1 fully saturated rings. The third-order valence-electron chi connectivity index (χ3n) is 4.04. The van der Waals surface area contributed by atoms with Gasteiger partial charge in [0.25, 0.3) is 0 Å². The van der Waals surface area contributed by atoms with Crippen molar-refractivity contribution < 1.29 is 29.0 Å². The first-order valence-corrected chi connectivity index (χ1v) is 8.64. The molecule has 0 aliphatic carbocycles. The van der Waals surface area contributed by atoms with Gasteiger partial charge in [-0.2, -0.15) is 0 Å². The highest BCUT2D eigenvalue weighted by atomic mass is 16.6. The first-order valence-electron chi connectivity index (χ1n) is 8.64. The molecular formula is C16H28N4O6. The molecule has 4 amide bonds. The van der Waals surface area contributed by atoms with Crippen LogP contribution in [0.1, 0.15) is 39.5 Å². The summed E-state index contributed by atoms with van der Waals surface area (Å²) in [4.78, 5) is 44.2. The Hall–Kier alpha value is -2.20. The minimum atomic E-state index is -1.17. The van der Waals surface area contributed by atoms with Crippen LogP contribution >= 0.6 is 0 Å². The third kappa shape index (κ3) is 8.26. The smallest absolute Gasteiger partial charge is 0.222 e. The van der Waals surface area contributed by atoms with Gasteiger partial charge in [-0.15, -0.1) is 0 Å². The van der Waals surface area contributed by atoms with E-state index in [9.17, 15) is 24.3 Å². The highest BCUT2D eigenvalue weighted by Crippen LogP contribution is 2.18. The SMILES string of the molecule is C[C@H](CC(=O)NC[C@@H]1CC[C@H](NC(=O)C[C@@H](C)NC=O)C(O)O1)NC=O. The number of carbonyl (C=O) groups is 4.